The van der Waals surface area contributed by atoms with Crippen LogP contribution in [0.25, 0.3) is 0 Å². The molecule has 0 bridgehead atoms. The summed E-state index contributed by atoms with van der Waals surface area (Å²) in [4.78, 5) is 15.7. The quantitative estimate of drug-likeness (QED) is 0.456. The first-order valence-corrected chi connectivity index (χ1v) is 12.8. The predicted octanol–water partition coefficient (Wildman–Crippen LogP) is 3.78. The van der Waals surface area contributed by atoms with E-state index in [4.69, 9.17) is 0 Å². The molecule has 1 saturated carbocycles. The first kappa shape index (κ1) is 22.7. The molecule has 9 nitrogen and oxygen atoms in total. The number of fused-ring (bicyclic) bond motifs is 1. The maximum absolute atomic E-state index is 13.1. The summed E-state index contributed by atoms with van der Waals surface area (Å²) in [5, 5.41) is 15.2. The summed E-state index contributed by atoms with van der Waals surface area (Å²) in [6, 6.07) is 2.99. The number of nitro groups is 1. The van der Waals surface area contributed by atoms with Gasteiger partial charge in [-0.1, -0.05) is 19.8 Å². The number of imidazole rings is 1. The first-order chi connectivity index (χ1) is 15.2. The lowest BCUT2D eigenvalue weighted by Crippen LogP contribution is -2.36. The largest absolute Gasteiger partial charge is 0.376 e. The Morgan fingerprint density at radius 2 is 2.06 bits per heavy atom. The van der Waals surface area contributed by atoms with Gasteiger partial charge in [0, 0.05) is 43.5 Å². The van der Waals surface area contributed by atoms with Gasteiger partial charge in [0.15, 0.2) is 0 Å². The van der Waals surface area contributed by atoms with E-state index in [9.17, 15) is 18.5 Å². The van der Waals surface area contributed by atoms with Gasteiger partial charge in [-0.15, -0.1) is 0 Å². The number of benzene rings is 1. The van der Waals surface area contributed by atoms with Crippen molar-refractivity contribution in [3.05, 3.63) is 46.0 Å². The van der Waals surface area contributed by atoms with E-state index in [1.54, 1.807) is 6.20 Å². The predicted molar refractivity (Wildman–Crippen MR) is 122 cm³/mol. The number of aromatic nitrogens is 2. The lowest BCUT2D eigenvalue weighted by molar-refractivity contribution is -0.384. The van der Waals surface area contributed by atoms with Gasteiger partial charge in [-0.25, -0.2) is 18.1 Å². The fourth-order valence-electron chi connectivity index (χ4n) is 5.12. The van der Waals surface area contributed by atoms with Gasteiger partial charge in [0.05, 0.1) is 9.82 Å². The third-order valence-electron chi connectivity index (χ3n) is 7.21. The topological polar surface area (TPSA) is 119 Å². The molecule has 2 heterocycles. The lowest BCUT2D eigenvalue weighted by Gasteiger charge is -2.28. The van der Waals surface area contributed by atoms with Gasteiger partial charge in [0.25, 0.3) is 5.69 Å². The molecule has 1 atom stereocenters. The van der Waals surface area contributed by atoms with Crippen molar-refractivity contribution in [1.29, 1.82) is 0 Å². The SMILES string of the molecule is CCC1(CNS(=O)(=O)c2ccc(NC3CCn4ccnc4C3)c([N+](=O)[O-])c2C)CCCC1. The number of hydrogen-bond acceptors (Lipinski definition) is 6. The Labute approximate surface area is 188 Å². The van der Waals surface area contributed by atoms with E-state index >= 15 is 0 Å². The number of hydrogen-bond donors (Lipinski definition) is 2. The van der Waals surface area contributed by atoms with Crippen LogP contribution in [0.2, 0.25) is 0 Å². The molecule has 2 aliphatic rings. The van der Waals surface area contributed by atoms with E-state index in [-0.39, 0.29) is 27.6 Å². The molecule has 0 amide bonds. The molecule has 0 saturated heterocycles. The van der Waals surface area contributed by atoms with E-state index < -0.39 is 14.9 Å². The van der Waals surface area contributed by atoms with Crippen molar-refractivity contribution in [2.45, 2.75) is 76.3 Å². The van der Waals surface area contributed by atoms with Gasteiger partial charge in [-0.05, 0) is 50.2 Å². The molecule has 32 heavy (non-hydrogen) atoms. The summed E-state index contributed by atoms with van der Waals surface area (Å²) in [5.74, 6) is 0.938. The molecule has 1 fully saturated rings. The molecule has 1 unspecified atom stereocenters. The molecule has 174 valence electrons. The Bertz CT molecular complexity index is 1110. The minimum atomic E-state index is -3.86. The van der Waals surface area contributed by atoms with Crippen molar-refractivity contribution >= 4 is 21.4 Å². The van der Waals surface area contributed by atoms with Crippen LogP contribution in [0.1, 0.15) is 56.8 Å². The maximum atomic E-state index is 13.1. The Morgan fingerprint density at radius 3 is 2.75 bits per heavy atom. The summed E-state index contributed by atoms with van der Waals surface area (Å²) in [5.41, 5.74) is 0.299. The van der Waals surface area contributed by atoms with Crippen LogP contribution in [-0.2, 0) is 23.0 Å². The third-order valence-corrected chi connectivity index (χ3v) is 8.76. The Hall–Kier alpha value is -2.46. The van der Waals surface area contributed by atoms with Crippen LogP contribution in [0.3, 0.4) is 0 Å². The number of nitrogens with one attached hydrogen (secondary N) is 2. The Balaban J connectivity index is 1.56. The van der Waals surface area contributed by atoms with Crippen LogP contribution >= 0.6 is 0 Å². The number of nitro benzene ring substituents is 1. The number of nitrogens with zero attached hydrogens (tertiary/aromatic N) is 3. The third kappa shape index (κ3) is 4.38. The number of sulfonamides is 1. The molecule has 1 aromatic carbocycles. The van der Waals surface area contributed by atoms with Crippen LogP contribution in [0.4, 0.5) is 11.4 Å². The van der Waals surface area contributed by atoms with Gasteiger partial charge in [-0.2, -0.15) is 0 Å². The van der Waals surface area contributed by atoms with Gasteiger partial charge < -0.3 is 9.88 Å². The zero-order chi connectivity index (χ0) is 22.9. The van der Waals surface area contributed by atoms with Crippen LogP contribution in [0.5, 0.6) is 0 Å². The van der Waals surface area contributed by atoms with Crippen LogP contribution in [0, 0.1) is 22.5 Å². The van der Waals surface area contributed by atoms with E-state index in [0.717, 1.165) is 50.9 Å². The Kier molecular flexibility index (Phi) is 6.26. The first-order valence-electron chi connectivity index (χ1n) is 11.3. The Morgan fingerprint density at radius 1 is 1.31 bits per heavy atom. The summed E-state index contributed by atoms with van der Waals surface area (Å²) >= 11 is 0. The summed E-state index contributed by atoms with van der Waals surface area (Å²) in [6.07, 6.45) is 10.3. The molecule has 1 aliphatic carbocycles. The monoisotopic (exact) mass is 461 g/mol. The van der Waals surface area contributed by atoms with Crippen molar-refractivity contribution in [3.8, 4) is 0 Å². The average Bonchev–Trinajstić information content (AvgIpc) is 3.41. The molecule has 4 rings (SSSR count). The molecule has 2 N–H and O–H groups in total. The number of anilines is 1. The molecule has 1 aliphatic heterocycles. The molecule has 1 aromatic heterocycles. The zero-order valence-electron chi connectivity index (χ0n) is 18.6. The number of aryl methyl sites for hydroxylation is 1. The average molecular weight is 462 g/mol. The van der Waals surface area contributed by atoms with E-state index in [1.165, 1.54) is 19.1 Å². The summed E-state index contributed by atoms with van der Waals surface area (Å²) in [7, 11) is -3.86. The van der Waals surface area contributed by atoms with Gasteiger partial charge >= 0.3 is 0 Å². The molecule has 2 aromatic rings. The van der Waals surface area contributed by atoms with Gasteiger partial charge in [0.1, 0.15) is 11.5 Å². The van der Waals surface area contributed by atoms with E-state index in [2.05, 4.69) is 26.5 Å². The van der Waals surface area contributed by atoms with Crippen molar-refractivity contribution < 1.29 is 13.3 Å². The zero-order valence-corrected chi connectivity index (χ0v) is 19.5. The molecular weight excluding hydrogens is 430 g/mol. The van der Waals surface area contributed by atoms with Gasteiger partial charge in [0.2, 0.25) is 10.0 Å². The lowest BCUT2D eigenvalue weighted by atomic mass is 9.84. The summed E-state index contributed by atoms with van der Waals surface area (Å²) < 4.78 is 31.0. The second kappa shape index (κ2) is 8.82. The highest BCUT2D eigenvalue weighted by Gasteiger charge is 2.35. The standard InChI is InChI=1S/C22H31N5O4S/c1-3-22(9-4-5-10-22)15-24-32(30,31)19-7-6-18(21(16(19)2)27(28)29)25-17-8-12-26-13-11-23-20(26)14-17/h6-7,11,13,17,24-25H,3-5,8-10,12,14-15H2,1-2H3. The smallest absolute Gasteiger partial charge is 0.296 e. The van der Waals surface area contributed by atoms with Crippen molar-refractivity contribution in [1.82, 2.24) is 14.3 Å². The van der Waals surface area contributed by atoms with Crippen LogP contribution < -0.4 is 10.0 Å². The van der Waals surface area contributed by atoms with Crippen LogP contribution in [-0.4, -0.2) is 35.5 Å². The molecule has 0 spiro atoms. The maximum Gasteiger partial charge on any atom is 0.296 e. The molecular formula is C22H31N5O4S. The fraction of sp³-hybridized carbons (Fsp3) is 0.591. The van der Waals surface area contributed by atoms with E-state index in [0.29, 0.717) is 18.7 Å². The van der Waals surface area contributed by atoms with Crippen molar-refractivity contribution in [3.63, 3.8) is 0 Å². The fourth-order valence-corrected chi connectivity index (χ4v) is 6.52. The van der Waals surface area contributed by atoms with Crippen molar-refractivity contribution in [2.75, 3.05) is 11.9 Å². The highest BCUT2D eigenvalue weighted by atomic mass is 32.2. The minimum Gasteiger partial charge on any atom is -0.376 e. The normalized spacial score (nSPS) is 20.1. The molecule has 10 heteroatoms. The molecule has 0 radical (unpaired) electrons. The number of rotatable bonds is 8. The second-order valence-electron chi connectivity index (χ2n) is 9.10. The van der Waals surface area contributed by atoms with E-state index in [1.807, 2.05) is 6.20 Å². The highest BCUT2D eigenvalue weighted by Crippen LogP contribution is 2.41. The second-order valence-corrected chi connectivity index (χ2v) is 10.8. The minimum absolute atomic E-state index is 0.00430. The highest BCUT2D eigenvalue weighted by molar-refractivity contribution is 7.89. The van der Waals surface area contributed by atoms with Crippen molar-refractivity contribution in [2.24, 2.45) is 5.41 Å². The van der Waals surface area contributed by atoms with Crippen LogP contribution in [0.15, 0.2) is 29.4 Å². The van der Waals surface area contributed by atoms with Gasteiger partial charge in [-0.3, -0.25) is 10.1 Å². The summed E-state index contributed by atoms with van der Waals surface area (Å²) in [6.45, 7) is 4.76.